The summed E-state index contributed by atoms with van der Waals surface area (Å²) in [6, 6.07) is 19.4. The molecule has 0 saturated carbocycles. The van der Waals surface area contributed by atoms with E-state index >= 15 is 0 Å². The molecule has 0 bridgehead atoms. The van der Waals surface area contributed by atoms with Gasteiger partial charge in [-0.3, -0.25) is 14.5 Å². The summed E-state index contributed by atoms with van der Waals surface area (Å²) in [4.78, 5) is 28.7. The number of nitrogens with zero attached hydrogens (tertiary/aromatic N) is 1. The van der Waals surface area contributed by atoms with E-state index in [1.165, 1.54) is 4.90 Å². The third-order valence-electron chi connectivity index (χ3n) is 6.81. The Labute approximate surface area is 224 Å². The van der Waals surface area contributed by atoms with Crippen molar-refractivity contribution in [1.29, 1.82) is 0 Å². The van der Waals surface area contributed by atoms with Gasteiger partial charge in [0.15, 0.2) is 0 Å². The van der Waals surface area contributed by atoms with Gasteiger partial charge in [0.1, 0.15) is 17.3 Å². The minimum atomic E-state index is -0.836. The second kappa shape index (κ2) is 10.7. The van der Waals surface area contributed by atoms with Crippen molar-refractivity contribution in [3.05, 3.63) is 94.6 Å². The zero-order chi connectivity index (χ0) is 27.6. The fraction of sp³-hybridized carbons (Fsp3) is 0.312. The van der Waals surface area contributed by atoms with Crippen LogP contribution in [0.2, 0.25) is 0 Å². The highest BCUT2D eigenvalue weighted by Gasteiger charge is 2.48. The van der Waals surface area contributed by atoms with Gasteiger partial charge in [-0.15, -0.1) is 0 Å². The number of Topliss-reactive ketones (excluding diaryl/α,β-unsaturated/α-hetero) is 1. The zero-order valence-corrected chi connectivity index (χ0v) is 22.9. The fourth-order valence-corrected chi connectivity index (χ4v) is 4.73. The van der Waals surface area contributed by atoms with E-state index in [0.29, 0.717) is 29.4 Å². The molecule has 198 valence electrons. The molecule has 3 aromatic rings. The van der Waals surface area contributed by atoms with Crippen LogP contribution in [0.25, 0.3) is 5.76 Å². The van der Waals surface area contributed by atoms with E-state index in [9.17, 15) is 14.7 Å². The lowest BCUT2D eigenvalue weighted by molar-refractivity contribution is -0.132. The first kappa shape index (κ1) is 27.0. The number of carbonyl (C=O) groups is 2. The molecule has 1 amide bonds. The molecule has 3 aromatic carbocycles. The van der Waals surface area contributed by atoms with Crippen LogP contribution in [0.4, 0.5) is 5.69 Å². The first-order valence-electron chi connectivity index (χ1n) is 12.9. The molecule has 1 N–H and O–H groups in total. The van der Waals surface area contributed by atoms with Crippen molar-refractivity contribution >= 4 is 23.1 Å². The number of anilines is 1. The van der Waals surface area contributed by atoms with Crippen LogP contribution in [0.3, 0.4) is 0 Å². The van der Waals surface area contributed by atoms with Crippen LogP contribution in [0.5, 0.6) is 11.5 Å². The smallest absolute Gasteiger partial charge is 0.300 e. The molecular weight excluding hydrogens is 478 g/mol. The molecule has 0 aromatic heterocycles. The van der Waals surface area contributed by atoms with E-state index in [2.05, 4.69) is 20.8 Å². The number of hydrogen-bond acceptors (Lipinski definition) is 5. The predicted octanol–water partition coefficient (Wildman–Crippen LogP) is 6.72. The maximum atomic E-state index is 13.6. The number of ketones is 1. The first-order valence-corrected chi connectivity index (χ1v) is 12.9. The number of ether oxygens (including phenoxy) is 2. The van der Waals surface area contributed by atoms with Gasteiger partial charge in [0.05, 0.1) is 31.0 Å². The number of amides is 1. The molecule has 1 atom stereocenters. The van der Waals surface area contributed by atoms with E-state index < -0.39 is 17.7 Å². The Balaban J connectivity index is 1.95. The number of carbonyl (C=O) groups excluding carboxylic acids is 2. The molecule has 1 aliphatic heterocycles. The monoisotopic (exact) mass is 513 g/mol. The molecule has 1 heterocycles. The van der Waals surface area contributed by atoms with Crippen molar-refractivity contribution in [2.24, 2.45) is 0 Å². The van der Waals surface area contributed by atoms with Crippen LogP contribution in [0.15, 0.2) is 72.3 Å². The molecule has 1 unspecified atom stereocenters. The molecule has 1 aliphatic rings. The second-order valence-corrected chi connectivity index (χ2v) is 10.5. The minimum Gasteiger partial charge on any atom is -0.507 e. The second-order valence-electron chi connectivity index (χ2n) is 10.5. The molecule has 0 radical (unpaired) electrons. The van der Waals surface area contributed by atoms with Crippen LogP contribution in [-0.4, -0.2) is 30.5 Å². The van der Waals surface area contributed by atoms with Crippen LogP contribution < -0.4 is 14.4 Å². The summed E-state index contributed by atoms with van der Waals surface area (Å²) in [7, 11) is 1.57. The summed E-state index contributed by atoms with van der Waals surface area (Å²) in [5, 5.41) is 11.6. The SMILES string of the molecule is CCCOc1ccccc1N1C(=O)C(=O)/C(=C(\O)c2ccc(OC)cc2C)C1c1ccc(C(C)(C)C)cc1. The number of aryl methyl sites for hydroxylation is 1. The fourth-order valence-electron chi connectivity index (χ4n) is 4.73. The maximum Gasteiger partial charge on any atom is 0.300 e. The van der Waals surface area contributed by atoms with Crippen LogP contribution >= 0.6 is 0 Å². The Bertz CT molecular complexity index is 1380. The maximum absolute atomic E-state index is 13.6. The Morgan fingerprint density at radius 2 is 1.68 bits per heavy atom. The van der Waals surface area contributed by atoms with Gasteiger partial charge in [0.2, 0.25) is 0 Å². The first-order chi connectivity index (χ1) is 18.1. The van der Waals surface area contributed by atoms with E-state index in [4.69, 9.17) is 9.47 Å². The average molecular weight is 514 g/mol. The number of hydrogen-bond donors (Lipinski definition) is 1. The standard InChI is InChI=1S/C32H35NO5/c1-7-18-38-26-11-9-8-10-25(26)33-28(21-12-14-22(15-13-21)32(3,4)5)27(30(35)31(33)36)29(34)24-17-16-23(37-6)19-20(24)2/h8-17,19,28,34H,7,18H2,1-6H3/b29-27-. The molecule has 6 nitrogen and oxygen atoms in total. The quantitative estimate of drug-likeness (QED) is 0.216. The number of methoxy groups -OCH3 is 1. The third-order valence-corrected chi connectivity index (χ3v) is 6.81. The van der Waals surface area contributed by atoms with Gasteiger partial charge >= 0.3 is 0 Å². The van der Waals surface area contributed by atoms with Gasteiger partial charge in [0, 0.05) is 5.56 Å². The lowest BCUT2D eigenvalue weighted by Crippen LogP contribution is -2.30. The van der Waals surface area contributed by atoms with E-state index in [0.717, 1.165) is 23.1 Å². The highest BCUT2D eigenvalue weighted by Crippen LogP contribution is 2.45. The molecule has 6 heteroatoms. The minimum absolute atomic E-state index is 0.0390. The molecule has 38 heavy (non-hydrogen) atoms. The summed E-state index contributed by atoms with van der Waals surface area (Å²) in [6.45, 7) is 10.7. The van der Waals surface area contributed by atoms with Gasteiger partial charge < -0.3 is 14.6 Å². The molecule has 0 aliphatic carbocycles. The molecule has 4 rings (SSSR count). The Morgan fingerprint density at radius 3 is 2.29 bits per heavy atom. The van der Waals surface area contributed by atoms with Crippen molar-refractivity contribution in [3.63, 3.8) is 0 Å². The predicted molar refractivity (Wildman–Crippen MR) is 150 cm³/mol. The number of para-hydroxylation sites is 2. The summed E-state index contributed by atoms with van der Waals surface area (Å²) in [5.41, 5.74) is 3.49. The van der Waals surface area contributed by atoms with E-state index in [1.54, 1.807) is 43.5 Å². The third kappa shape index (κ3) is 5.03. The van der Waals surface area contributed by atoms with Gasteiger partial charge in [-0.05, 0) is 65.8 Å². The number of rotatable bonds is 7. The van der Waals surface area contributed by atoms with Crippen LogP contribution in [-0.2, 0) is 15.0 Å². The van der Waals surface area contributed by atoms with Crippen molar-refractivity contribution in [3.8, 4) is 11.5 Å². The van der Waals surface area contributed by atoms with Crippen LogP contribution in [0, 0.1) is 6.92 Å². The summed E-state index contributed by atoms with van der Waals surface area (Å²) < 4.78 is 11.3. The normalized spacial score (nSPS) is 17.1. The lowest BCUT2D eigenvalue weighted by atomic mass is 9.85. The highest BCUT2D eigenvalue weighted by atomic mass is 16.5. The topological polar surface area (TPSA) is 76.1 Å². The van der Waals surface area contributed by atoms with Crippen molar-refractivity contribution in [2.75, 3.05) is 18.6 Å². The molecular formula is C32H35NO5. The molecule has 1 fully saturated rings. The zero-order valence-electron chi connectivity index (χ0n) is 22.9. The molecule has 0 spiro atoms. The van der Waals surface area contributed by atoms with Crippen LogP contribution in [0.1, 0.15) is 62.4 Å². The highest BCUT2D eigenvalue weighted by molar-refractivity contribution is 6.52. The lowest BCUT2D eigenvalue weighted by Gasteiger charge is -2.28. The van der Waals surface area contributed by atoms with Gasteiger partial charge in [-0.25, -0.2) is 0 Å². The average Bonchev–Trinajstić information content (AvgIpc) is 3.16. The Morgan fingerprint density at radius 1 is 1.00 bits per heavy atom. The number of aliphatic hydroxyl groups is 1. The largest absolute Gasteiger partial charge is 0.507 e. The van der Waals surface area contributed by atoms with Crippen molar-refractivity contribution in [1.82, 2.24) is 0 Å². The Kier molecular flexibility index (Phi) is 7.63. The number of aliphatic hydroxyl groups excluding tert-OH is 1. The summed E-state index contributed by atoms with van der Waals surface area (Å²) >= 11 is 0. The summed E-state index contributed by atoms with van der Waals surface area (Å²) in [5.74, 6) is -0.532. The van der Waals surface area contributed by atoms with E-state index in [1.807, 2.05) is 44.2 Å². The Hall–Kier alpha value is -4.06. The van der Waals surface area contributed by atoms with Gasteiger partial charge in [-0.2, -0.15) is 0 Å². The van der Waals surface area contributed by atoms with Gasteiger partial charge in [0.25, 0.3) is 11.7 Å². The van der Waals surface area contributed by atoms with E-state index in [-0.39, 0.29) is 16.7 Å². The number of benzene rings is 3. The van der Waals surface area contributed by atoms with Gasteiger partial charge in [-0.1, -0.05) is 64.1 Å². The van der Waals surface area contributed by atoms with Crippen molar-refractivity contribution in [2.45, 2.75) is 52.5 Å². The van der Waals surface area contributed by atoms with Crippen molar-refractivity contribution < 1.29 is 24.2 Å². The summed E-state index contributed by atoms with van der Waals surface area (Å²) in [6.07, 6.45) is 0.793. The molecule has 1 saturated heterocycles.